The smallest absolute Gasteiger partial charge is 0.463 e. The van der Waals surface area contributed by atoms with E-state index in [0.717, 1.165) is 13.2 Å². The van der Waals surface area contributed by atoms with Crippen molar-refractivity contribution < 1.29 is 35.3 Å². The van der Waals surface area contributed by atoms with Crippen molar-refractivity contribution in [2.24, 2.45) is 0 Å². The van der Waals surface area contributed by atoms with E-state index in [2.05, 4.69) is 8.92 Å². The molecular formula is C11H8ClF3O5S. The van der Waals surface area contributed by atoms with Gasteiger partial charge in [-0.05, 0) is 23.8 Å². The maximum Gasteiger partial charge on any atom is 0.534 e. The lowest BCUT2D eigenvalue weighted by Gasteiger charge is -2.11. The number of alkyl halides is 3. The molecular weight excluding hydrogens is 337 g/mol. The molecule has 0 aliphatic heterocycles. The van der Waals surface area contributed by atoms with Gasteiger partial charge >= 0.3 is 21.6 Å². The predicted molar refractivity (Wildman–Crippen MR) is 67.5 cm³/mol. The molecule has 0 radical (unpaired) electrons. The number of rotatable bonds is 4. The van der Waals surface area contributed by atoms with Crippen molar-refractivity contribution in [1.29, 1.82) is 0 Å². The van der Waals surface area contributed by atoms with Crippen molar-refractivity contribution in [1.82, 2.24) is 0 Å². The Kier molecular flexibility index (Phi) is 5.24. The molecule has 0 bridgehead atoms. The van der Waals surface area contributed by atoms with Crippen LogP contribution in [-0.4, -0.2) is 27.0 Å². The third kappa shape index (κ3) is 4.64. The monoisotopic (exact) mass is 344 g/mol. The summed E-state index contributed by atoms with van der Waals surface area (Å²) in [5, 5.41) is 0.343. The first-order valence-electron chi connectivity index (χ1n) is 5.13. The molecule has 1 aromatic rings. The number of ether oxygens (including phenoxy) is 1. The highest BCUT2D eigenvalue weighted by molar-refractivity contribution is 7.87. The van der Waals surface area contributed by atoms with Gasteiger partial charge in [-0.25, -0.2) is 4.79 Å². The predicted octanol–water partition coefficient (Wildman–Crippen LogP) is 2.72. The SMILES string of the molecule is COC(=O)/C(=C/c1ccc(Cl)cc1)OS(=O)(=O)C(F)(F)F. The van der Waals surface area contributed by atoms with E-state index in [1.165, 1.54) is 24.3 Å². The van der Waals surface area contributed by atoms with Gasteiger partial charge in [0.2, 0.25) is 5.76 Å². The molecule has 0 atom stereocenters. The molecule has 1 aromatic carbocycles. The van der Waals surface area contributed by atoms with Crippen molar-refractivity contribution in [2.75, 3.05) is 7.11 Å². The first kappa shape index (κ1) is 17.3. The Hall–Kier alpha value is -1.74. The van der Waals surface area contributed by atoms with E-state index in [-0.39, 0.29) is 5.56 Å². The second-order valence-corrected chi connectivity index (χ2v) is 5.51. The molecule has 0 amide bonds. The van der Waals surface area contributed by atoms with Crippen LogP contribution in [0.25, 0.3) is 6.08 Å². The van der Waals surface area contributed by atoms with E-state index in [4.69, 9.17) is 11.6 Å². The summed E-state index contributed by atoms with van der Waals surface area (Å²) in [7, 11) is -5.11. The Labute approximate surface area is 123 Å². The lowest BCUT2D eigenvalue weighted by Crippen LogP contribution is -2.27. The quantitative estimate of drug-likeness (QED) is 0.276. The van der Waals surface area contributed by atoms with Gasteiger partial charge in [0.25, 0.3) is 0 Å². The van der Waals surface area contributed by atoms with E-state index in [1.807, 2.05) is 0 Å². The van der Waals surface area contributed by atoms with Crippen molar-refractivity contribution in [3.63, 3.8) is 0 Å². The number of hydrogen-bond donors (Lipinski definition) is 0. The fourth-order valence-corrected chi connectivity index (χ4v) is 1.67. The van der Waals surface area contributed by atoms with Gasteiger partial charge in [0.15, 0.2) is 0 Å². The van der Waals surface area contributed by atoms with Crippen LogP contribution in [-0.2, 0) is 23.8 Å². The molecule has 0 heterocycles. The molecule has 0 N–H and O–H groups in total. The molecule has 0 saturated carbocycles. The van der Waals surface area contributed by atoms with Gasteiger partial charge in [0.05, 0.1) is 7.11 Å². The fourth-order valence-electron chi connectivity index (χ4n) is 1.09. The summed E-state index contributed by atoms with van der Waals surface area (Å²) >= 11 is 5.62. The normalized spacial score (nSPS) is 12.9. The van der Waals surface area contributed by atoms with E-state index in [1.54, 1.807) is 0 Å². The van der Waals surface area contributed by atoms with E-state index in [9.17, 15) is 26.4 Å². The molecule has 21 heavy (non-hydrogen) atoms. The summed E-state index contributed by atoms with van der Waals surface area (Å²) in [4.78, 5) is 11.3. The summed E-state index contributed by atoms with van der Waals surface area (Å²) in [5.41, 5.74) is -5.47. The molecule has 0 saturated heterocycles. The molecule has 0 spiro atoms. The molecule has 0 fully saturated rings. The lowest BCUT2D eigenvalue weighted by molar-refractivity contribution is -0.138. The van der Waals surface area contributed by atoms with Crippen LogP contribution in [0.4, 0.5) is 13.2 Å². The molecule has 0 aromatic heterocycles. The molecule has 10 heteroatoms. The van der Waals surface area contributed by atoms with Crippen molar-refractivity contribution in [2.45, 2.75) is 5.51 Å². The molecule has 1 rings (SSSR count). The first-order chi connectivity index (χ1) is 9.56. The van der Waals surface area contributed by atoms with Crippen LogP contribution in [0.2, 0.25) is 5.02 Å². The van der Waals surface area contributed by atoms with Crippen molar-refractivity contribution in [3.8, 4) is 0 Å². The van der Waals surface area contributed by atoms with Gasteiger partial charge in [-0.15, -0.1) is 0 Å². The summed E-state index contributed by atoms with van der Waals surface area (Å²) in [6, 6.07) is 5.46. The number of halogens is 4. The summed E-state index contributed by atoms with van der Waals surface area (Å²) < 4.78 is 66.5. The first-order valence-corrected chi connectivity index (χ1v) is 6.92. The Balaban J connectivity index is 3.19. The average molecular weight is 345 g/mol. The Morgan fingerprint density at radius 2 is 1.76 bits per heavy atom. The lowest BCUT2D eigenvalue weighted by atomic mass is 10.2. The highest BCUT2D eigenvalue weighted by atomic mass is 35.5. The van der Waals surface area contributed by atoms with Crippen LogP contribution in [0.5, 0.6) is 0 Å². The van der Waals surface area contributed by atoms with Crippen LogP contribution in [0, 0.1) is 0 Å². The van der Waals surface area contributed by atoms with Gasteiger partial charge in [0.1, 0.15) is 0 Å². The third-order valence-electron chi connectivity index (χ3n) is 2.04. The topological polar surface area (TPSA) is 69.7 Å². The number of methoxy groups -OCH3 is 1. The van der Waals surface area contributed by atoms with E-state index < -0.39 is 27.4 Å². The summed E-state index contributed by atoms with van der Waals surface area (Å²) in [5.74, 6) is -2.50. The maximum atomic E-state index is 12.2. The zero-order valence-electron chi connectivity index (χ0n) is 10.3. The Morgan fingerprint density at radius 1 is 1.24 bits per heavy atom. The second-order valence-electron chi connectivity index (χ2n) is 3.53. The molecule has 0 unspecified atom stereocenters. The Bertz CT molecular complexity index is 649. The highest BCUT2D eigenvalue weighted by Crippen LogP contribution is 2.27. The second kappa shape index (κ2) is 6.35. The van der Waals surface area contributed by atoms with Crippen LogP contribution < -0.4 is 0 Å². The summed E-state index contributed by atoms with van der Waals surface area (Å²) in [6.07, 6.45) is 0.783. The standard InChI is InChI=1S/C11H8ClF3O5S/c1-19-10(16)9(20-21(17,18)11(13,14)15)6-7-2-4-8(12)5-3-7/h2-6H,1H3/b9-6-. The minimum atomic E-state index is -5.98. The van der Waals surface area contributed by atoms with Crippen molar-refractivity contribution >= 4 is 33.8 Å². The zero-order valence-corrected chi connectivity index (χ0v) is 11.9. The number of esters is 1. The van der Waals surface area contributed by atoms with E-state index in [0.29, 0.717) is 5.02 Å². The number of benzene rings is 1. The zero-order chi connectivity index (χ0) is 16.3. The maximum absolute atomic E-state index is 12.2. The number of carbonyl (C=O) groups is 1. The van der Waals surface area contributed by atoms with Crippen LogP contribution in [0.15, 0.2) is 30.0 Å². The minimum absolute atomic E-state index is 0.192. The molecule has 0 aliphatic carbocycles. The summed E-state index contributed by atoms with van der Waals surface area (Å²) in [6.45, 7) is 0. The van der Waals surface area contributed by atoms with Crippen molar-refractivity contribution in [3.05, 3.63) is 40.6 Å². The minimum Gasteiger partial charge on any atom is -0.463 e. The average Bonchev–Trinajstić information content (AvgIpc) is 2.38. The van der Waals surface area contributed by atoms with Crippen LogP contribution in [0.1, 0.15) is 5.56 Å². The van der Waals surface area contributed by atoms with Crippen LogP contribution in [0.3, 0.4) is 0 Å². The van der Waals surface area contributed by atoms with Gasteiger partial charge < -0.3 is 8.92 Å². The van der Waals surface area contributed by atoms with E-state index >= 15 is 0 Å². The number of carbonyl (C=O) groups excluding carboxylic acids is 1. The van der Waals surface area contributed by atoms with Crippen LogP contribution >= 0.6 is 11.6 Å². The number of hydrogen-bond acceptors (Lipinski definition) is 5. The fraction of sp³-hybridized carbons (Fsp3) is 0.182. The highest BCUT2D eigenvalue weighted by Gasteiger charge is 2.49. The largest absolute Gasteiger partial charge is 0.534 e. The van der Waals surface area contributed by atoms with Gasteiger partial charge in [-0.2, -0.15) is 21.6 Å². The molecule has 5 nitrogen and oxygen atoms in total. The molecule has 116 valence electrons. The van der Waals surface area contributed by atoms with Gasteiger partial charge in [-0.1, -0.05) is 23.7 Å². The van der Waals surface area contributed by atoms with Gasteiger partial charge in [0, 0.05) is 5.02 Å². The Morgan fingerprint density at radius 3 is 2.19 bits per heavy atom. The third-order valence-corrected chi connectivity index (χ3v) is 3.26. The van der Waals surface area contributed by atoms with Gasteiger partial charge in [-0.3, -0.25) is 0 Å². The molecule has 0 aliphatic rings.